The molecular weight excluding hydrogens is 523 g/mol. The van der Waals surface area contributed by atoms with E-state index >= 15 is 0 Å². The summed E-state index contributed by atoms with van der Waals surface area (Å²) in [7, 11) is -3.05. The minimum Gasteiger partial charge on any atom is -0.387 e. The molecule has 0 radical (unpaired) electrons. The lowest BCUT2D eigenvalue weighted by molar-refractivity contribution is -0.0332. The fourth-order valence-electron chi connectivity index (χ4n) is 5.28. The average Bonchev–Trinajstić information content (AvgIpc) is 2.86. The molecule has 210 valence electrons. The Hall–Kier alpha value is -3.19. The summed E-state index contributed by atoms with van der Waals surface area (Å²) >= 11 is 0. The van der Waals surface area contributed by atoms with Crippen LogP contribution in [0.15, 0.2) is 24.8 Å². The largest absolute Gasteiger partial charge is 0.387 e. The number of nitrogens with zero attached hydrogens (tertiary/aromatic N) is 7. The molecule has 11 nitrogen and oxygen atoms in total. The molecule has 5 rings (SSSR count). The van der Waals surface area contributed by atoms with Gasteiger partial charge in [0.15, 0.2) is 0 Å². The smallest absolute Gasteiger partial charge is 0.233 e. The molecule has 3 aromatic heterocycles. The van der Waals surface area contributed by atoms with E-state index in [1.807, 2.05) is 19.2 Å². The van der Waals surface area contributed by atoms with E-state index in [0.29, 0.717) is 24.9 Å². The summed E-state index contributed by atoms with van der Waals surface area (Å²) in [6.45, 7) is 8.77. The van der Waals surface area contributed by atoms with E-state index < -0.39 is 21.6 Å². The second-order valence-corrected chi connectivity index (χ2v) is 13.5. The van der Waals surface area contributed by atoms with Gasteiger partial charge < -0.3 is 20.2 Å². The molecule has 0 bridgehead atoms. The number of pyridine rings is 2. The highest BCUT2D eigenvalue weighted by molar-refractivity contribution is 7.90. The van der Waals surface area contributed by atoms with E-state index in [2.05, 4.69) is 44.0 Å². The third kappa shape index (κ3) is 5.60. The van der Waals surface area contributed by atoms with Gasteiger partial charge in [0.05, 0.1) is 35.5 Å². The summed E-state index contributed by atoms with van der Waals surface area (Å²) < 4.78 is 38.0. The third-order valence-corrected chi connectivity index (χ3v) is 8.82. The van der Waals surface area contributed by atoms with Crippen LogP contribution in [0.1, 0.15) is 45.7 Å². The number of alkyl halides is 1. The normalized spacial score (nSPS) is 25.7. The standard InChI is InChI=1S/C26H35FN8O3S/c1-15(2)23-18-8-22(32-24-30-14-31-25(33-24)34-7-6-26(4,36)21(27)12-34)28-9-19(18)20(10-29-23)35-11-17(16(35)3)13-39(5,37)38/h8-10,14-17,21,36H,6-7,11-13H2,1-5H3,(H,28,30,31,32,33)/t16-,17-,21-,26+/m1/s1. The Morgan fingerprint density at radius 3 is 2.62 bits per heavy atom. The van der Waals surface area contributed by atoms with Crippen molar-refractivity contribution in [3.63, 3.8) is 0 Å². The first kappa shape index (κ1) is 27.4. The molecule has 4 atom stereocenters. The zero-order valence-corrected chi connectivity index (χ0v) is 23.7. The fraction of sp³-hybridized carbons (Fsp3) is 0.577. The van der Waals surface area contributed by atoms with Crippen LogP contribution in [0.3, 0.4) is 0 Å². The monoisotopic (exact) mass is 558 g/mol. The molecule has 2 fully saturated rings. The maximum Gasteiger partial charge on any atom is 0.233 e. The number of rotatable bonds is 7. The molecule has 2 N–H and O–H groups in total. The molecule has 39 heavy (non-hydrogen) atoms. The van der Waals surface area contributed by atoms with E-state index in [-0.39, 0.29) is 42.5 Å². The number of nitrogens with one attached hydrogen (secondary N) is 1. The van der Waals surface area contributed by atoms with Gasteiger partial charge >= 0.3 is 0 Å². The molecule has 0 spiro atoms. The van der Waals surface area contributed by atoms with Gasteiger partial charge in [0.2, 0.25) is 11.9 Å². The Kier molecular flexibility index (Phi) is 7.08. The van der Waals surface area contributed by atoms with Crippen LogP contribution in [0.4, 0.5) is 27.8 Å². The second-order valence-electron chi connectivity index (χ2n) is 11.3. The van der Waals surface area contributed by atoms with E-state index in [1.54, 1.807) is 11.1 Å². The molecular formula is C26H35FN8O3S. The summed E-state index contributed by atoms with van der Waals surface area (Å²) in [6, 6.07) is 1.98. The summed E-state index contributed by atoms with van der Waals surface area (Å²) in [6.07, 6.45) is 5.15. The molecule has 5 heterocycles. The lowest BCUT2D eigenvalue weighted by Crippen LogP contribution is -2.57. The van der Waals surface area contributed by atoms with Crippen molar-refractivity contribution in [1.29, 1.82) is 0 Å². The second kappa shape index (κ2) is 10.1. The van der Waals surface area contributed by atoms with Gasteiger partial charge in [0.1, 0.15) is 28.2 Å². The molecule has 0 aliphatic carbocycles. The van der Waals surface area contributed by atoms with Crippen molar-refractivity contribution in [2.75, 3.05) is 46.8 Å². The van der Waals surface area contributed by atoms with Crippen LogP contribution in [-0.2, 0) is 9.84 Å². The van der Waals surface area contributed by atoms with Crippen molar-refractivity contribution >= 4 is 44.0 Å². The molecule has 2 aliphatic heterocycles. The zero-order valence-electron chi connectivity index (χ0n) is 22.8. The predicted molar refractivity (Wildman–Crippen MR) is 149 cm³/mol. The molecule has 3 aromatic rings. The molecule has 0 unspecified atom stereocenters. The molecule has 2 saturated heterocycles. The minimum atomic E-state index is -3.05. The highest BCUT2D eigenvalue weighted by Gasteiger charge is 2.39. The summed E-state index contributed by atoms with van der Waals surface area (Å²) in [4.78, 5) is 26.1. The molecule has 13 heteroatoms. The summed E-state index contributed by atoms with van der Waals surface area (Å²) in [5.74, 6) is 1.53. The van der Waals surface area contributed by atoms with E-state index in [9.17, 15) is 17.9 Å². The van der Waals surface area contributed by atoms with Crippen LogP contribution < -0.4 is 15.1 Å². The third-order valence-electron chi connectivity index (χ3n) is 7.79. The Morgan fingerprint density at radius 2 is 1.95 bits per heavy atom. The zero-order chi connectivity index (χ0) is 28.1. The SMILES string of the molecule is CC(C)c1ncc(N2C[C@H](CS(C)(=O)=O)[C@H]2C)c2cnc(Nc3ncnc(N4CC[C@](C)(O)[C@H](F)C4)n3)cc12. The van der Waals surface area contributed by atoms with Crippen molar-refractivity contribution < 1.29 is 17.9 Å². The van der Waals surface area contributed by atoms with E-state index in [4.69, 9.17) is 4.98 Å². The van der Waals surface area contributed by atoms with Gasteiger partial charge in [-0.05, 0) is 32.3 Å². The van der Waals surface area contributed by atoms with Crippen molar-refractivity contribution in [2.45, 2.75) is 57.8 Å². The van der Waals surface area contributed by atoms with Crippen LogP contribution in [-0.4, -0.2) is 87.9 Å². The number of aliphatic hydroxyl groups is 1. The molecule has 0 saturated carbocycles. The predicted octanol–water partition coefficient (Wildman–Crippen LogP) is 2.85. The lowest BCUT2D eigenvalue weighted by atomic mass is 9.90. The van der Waals surface area contributed by atoms with Gasteiger partial charge in [-0.2, -0.15) is 4.98 Å². The number of fused-ring (bicyclic) bond motifs is 1. The van der Waals surface area contributed by atoms with Gasteiger partial charge in [-0.3, -0.25) is 4.98 Å². The van der Waals surface area contributed by atoms with Gasteiger partial charge in [-0.1, -0.05) is 13.8 Å². The van der Waals surface area contributed by atoms with Crippen LogP contribution in [0.25, 0.3) is 10.8 Å². The lowest BCUT2D eigenvalue weighted by Gasteiger charge is -2.48. The number of anilines is 4. The number of aromatic nitrogens is 5. The van der Waals surface area contributed by atoms with Crippen molar-refractivity contribution in [3.05, 3.63) is 30.5 Å². The first-order chi connectivity index (χ1) is 18.3. The number of hydrogen-bond donors (Lipinski definition) is 2. The number of hydrogen-bond acceptors (Lipinski definition) is 11. The van der Waals surface area contributed by atoms with Crippen molar-refractivity contribution in [3.8, 4) is 0 Å². The van der Waals surface area contributed by atoms with Gasteiger partial charge in [0.25, 0.3) is 0 Å². The molecule has 0 amide bonds. The highest BCUT2D eigenvalue weighted by Crippen LogP contribution is 2.38. The van der Waals surface area contributed by atoms with Gasteiger partial charge in [-0.25, -0.2) is 27.8 Å². The number of piperidine rings is 1. The fourth-order valence-corrected chi connectivity index (χ4v) is 6.44. The highest BCUT2D eigenvalue weighted by atomic mass is 32.2. The van der Waals surface area contributed by atoms with E-state index in [1.165, 1.54) is 19.5 Å². The Morgan fingerprint density at radius 1 is 1.18 bits per heavy atom. The minimum absolute atomic E-state index is 0.00314. The van der Waals surface area contributed by atoms with Crippen LogP contribution in [0.2, 0.25) is 0 Å². The average molecular weight is 559 g/mol. The van der Waals surface area contributed by atoms with Crippen LogP contribution in [0, 0.1) is 5.92 Å². The first-order valence-corrected chi connectivity index (χ1v) is 15.2. The van der Waals surface area contributed by atoms with Crippen LogP contribution >= 0.6 is 0 Å². The number of sulfone groups is 1. The van der Waals surface area contributed by atoms with Crippen molar-refractivity contribution in [1.82, 2.24) is 24.9 Å². The van der Waals surface area contributed by atoms with Crippen molar-refractivity contribution in [2.24, 2.45) is 5.92 Å². The van der Waals surface area contributed by atoms with Crippen LogP contribution in [0.5, 0.6) is 0 Å². The van der Waals surface area contributed by atoms with E-state index in [0.717, 1.165) is 22.2 Å². The molecule has 0 aromatic carbocycles. The van der Waals surface area contributed by atoms with Gasteiger partial charge in [-0.15, -0.1) is 0 Å². The maximum atomic E-state index is 14.4. The first-order valence-electron chi connectivity index (χ1n) is 13.1. The quantitative estimate of drug-likeness (QED) is 0.443. The summed E-state index contributed by atoms with van der Waals surface area (Å²) in [5, 5.41) is 15.2. The topological polar surface area (TPSA) is 137 Å². The number of halogens is 1. The summed E-state index contributed by atoms with van der Waals surface area (Å²) in [5.41, 5.74) is 0.490. The maximum absolute atomic E-state index is 14.4. The Balaban J connectivity index is 1.40. The molecule has 2 aliphatic rings. The van der Waals surface area contributed by atoms with Gasteiger partial charge in [0, 0.05) is 48.3 Å². The Bertz CT molecular complexity index is 1490. The Labute approximate surface area is 227 Å².